The standard InChI is InChI=1S/C17H17IN2O2/c1-12-5-6-16(19-10-12)22-15-7-8-20(11-15)17(21)13-3-2-4-14(18)9-13/h2-6,9-10,15H,7-8,11H2,1H3. The van der Waals surface area contributed by atoms with Crippen molar-refractivity contribution in [2.75, 3.05) is 13.1 Å². The lowest BCUT2D eigenvalue weighted by molar-refractivity contribution is 0.0771. The van der Waals surface area contributed by atoms with Crippen molar-refractivity contribution in [2.45, 2.75) is 19.4 Å². The molecule has 5 heteroatoms. The molecule has 1 unspecified atom stereocenters. The summed E-state index contributed by atoms with van der Waals surface area (Å²) in [7, 11) is 0. The van der Waals surface area contributed by atoms with Crippen LogP contribution in [0, 0.1) is 10.5 Å². The van der Waals surface area contributed by atoms with E-state index in [9.17, 15) is 4.79 Å². The van der Waals surface area contributed by atoms with Gasteiger partial charge in [0.15, 0.2) is 0 Å². The molecule has 0 bridgehead atoms. The SMILES string of the molecule is Cc1ccc(OC2CCN(C(=O)c3cccc(I)c3)C2)nc1. The van der Waals surface area contributed by atoms with Gasteiger partial charge in [-0.25, -0.2) is 4.98 Å². The number of halogens is 1. The van der Waals surface area contributed by atoms with Crippen molar-refractivity contribution in [1.29, 1.82) is 0 Å². The molecule has 1 aromatic heterocycles. The minimum atomic E-state index is 0.0157. The minimum absolute atomic E-state index is 0.0157. The molecule has 0 aliphatic carbocycles. The van der Waals surface area contributed by atoms with Gasteiger partial charge in [-0.1, -0.05) is 12.1 Å². The van der Waals surface area contributed by atoms with E-state index < -0.39 is 0 Å². The average molecular weight is 408 g/mol. The van der Waals surface area contributed by atoms with E-state index in [1.54, 1.807) is 6.20 Å². The number of hydrogen-bond acceptors (Lipinski definition) is 3. The minimum Gasteiger partial charge on any atom is -0.472 e. The molecular weight excluding hydrogens is 391 g/mol. The highest BCUT2D eigenvalue weighted by molar-refractivity contribution is 14.1. The predicted molar refractivity (Wildman–Crippen MR) is 93.1 cm³/mol. The Kier molecular flexibility index (Phi) is 4.61. The number of benzene rings is 1. The average Bonchev–Trinajstić information content (AvgIpc) is 2.97. The summed E-state index contributed by atoms with van der Waals surface area (Å²) < 4.78 is 6.93. The maximum atomic E-state index is 12.5. The molecule has 1 atom stereocenters. The summed E-state index contributed by atoms with van der Waals surface area (Å²) in [6.45, 7) is 3.33. The largest absolute Gasteiger partial charge is 0.472 e. The molecule has 114 valence electrons. The van der Waals surface area contributed by atoms with Crippen LogP contribution in [0.4, 0.5) is 0 Å². The first-order chi connectivity index (χ1) is 10.6. The molecule has 1 fully saturated rings. The second-order valence-electron chi connectivity index (χ2n) is 5.46. The molecule has 0 saturated carbocycles. The van der Waals surface area contributed by atoms with E-state index >= 15 is 0 Å². The molecule has 1 aliphatic rings. The van der Waals surface area contributed by atoms with Crippen LogP contribution in [0.15, 0.2) is 42.6 Å². The van der Waals surface area contributed by atoms with Crippen molar-refractivity contribution in [3.05, 3.63) is 57.3 Å². The molecule has 1 aromatic carbocycles. The number of likely N-dealkylation sites (tertiary alicyclic amines) is 1. The zero-order chi connectivity index (χ0) is 15.5. The Bertz CT molecular complexity index is 673. The van der Waals surface area contributed by atoms with E-state index in [0.717, 1.165) is 27.7 Å². The molecule has 0 radical (unpaired) electrons. The van der Waals surface area contributed by atoms with Crippen molar-refractivity contribution in [2.24, 2.45) is 0 Å². The highest BCUT2D eigenvalue weighted by Gasteiger charge is 2.28. The quantitative estimate of drug-likeness (QED) is 0.733. The molecule has 0 N–H and O–H groups in total. The summed E-state index contributed by atoms with van der Waals surface area (Å²) in [4.78, 5) is 18.6. The highest BCUT2D eigenvalue weighted by atomic mass is 127. The number of carbonyl (C=O) groups is 1. The van der Waals surface area contributed by atoms with Gasteiger partial charge in [-0.05, 0) is 53.3 Å². The summed E-state index contributed by atoms with van der Waals surface area (Å²) in [5.74, 6) is 0.695. The lowest BCUT2D eigenvalue weighted by Gasteiger charge is -2.17. The number of pyridine rings is 1. The highest BCUT2D eigenvalue weighted by Crippen LogP contribution is 2.19. The van der Waals surface area contributed by atoms with E-state index in [4.69, 9.17) is 4.74 Å². The number of rotatable bonds is 3. The number of carbonyl (C=O) groups excluding carboxylic acids is 1. The monoisotopic (exact) mass is 408 g/mol. The van der Waals surface area contributed by atoms with Gasteiger partial charge in [-0.3, -0.25) is 4.79 Å². The van der Waals surface area contributed by atoms with Crippen LogP contribution in [-0.2, 0) is 0 Å². The lowest BCUT2D eigenvalue weighted by Crippen LogP contribution is -2.31. The number of amides is 1. The summed E-state index contributed by atoms with van der Waals surface area (Å²) in [6.07, 6.45) is 2.64. The maximum absolute atomic E-state index is 12.5. The van der Waals surface area contributed by atoms with Crippen molar-refractivity contribution < 1.29 is 9.53 Å². The number of hydrogen-bond donors (Lipinski definition) is 0. The van der Waals surface area contributed by atoms with Crippen LogP contribution in [0.5, 0.6) is 5.88 Å². The molecule has 0 spiro atoms. The van der Waals surface area contributed by atoms with Crippen LogP contribution in [-0.4, -0.2) is 35.0 Å². The number of aryl methyl sites for hydroxylation is 1. The fraction of sp³-hybridized carbons (Fsp3) is 0.294. The van der Waals surface area contributed by atoms with Gasteiger partial charge in [0.1, 0.15) is 6.10 Å². The van der Waals surface area contributed by atoms with Crippen LogP contribution < -0.4 is 4.74 Å². The second kappa shape index (κ2) is 6.64. The normalized spacial score (nSPS) is 17.5. The third-order valence-electron chi connectivity index (χ3n) is 3.68. The predicted octanol–water partition coefficient (Wildman–Crippen LogP) is 3.29. The third kappa shape index (κ3) is 3.58. The second-order valence-corrected chi connectivity index (χ2v) is 6.71. The first-order valence-electron chi connectivity index (χ1n) is 7.26. The number of ether oxygens (including phenoxy) is 1. The van der Waals surface area contributed by atoms with Crippen LogP contribution in [0.1, 0.15) is 22.3 Å². The maximum Gasteiger partial charge on any atom is 0.254 e. The van der Waals surface area contributed by atoms with E-state index in [-0.39, 0.29) is 12.0 Å². The van der Waals surface area contributed by atoms with Gasteiger partial charge in [-0.15, -0.1) is 0 Å². The molecule has 22 heavy (non-hydrogen) atoms. The summed E-state index contributed by atoms with van der Waals surface area (Å²) in [5, 5.41) is 0. The molecule has 4 nitrogen and oxygen atoms in total. The van der Waals surface area contributed by atoms with Gasteiger partial charge in [0.05, 0.1) is 6.54 Å². The molecule has 2 aromatic rings. The third-order valence-corrected chi connectivity index (χ3v) is 4.35. The Morgan fingerprint density at radius 3 is 2.95 bits per heavy atom. The fourth-order valence-corrected chi connectivity index (χ4v) is 3.05. The Morgan fingerprint density at radius 2 is 2.23 bits per heavy atom. The Labute approximate surface area is 143 Å². The Hall–Kier alpha value is -1.63. The van der Waals surface area contributed by atoms with Crippen LogP contribution in [0.25, 0.3) is 0 Å². The zero-order valence-corrected chi connectivity index (χ0v) is 14.5. The number of aromatic nitrogens is 1. The van der Waals surface area contributed by atoms with E-state index in [2.05, 4.69) is 27.6 Å². The van der Waals surface area contributed by atoms with Gasteiger partial charge in [0.25, 0.3) is 5.91 Å². The van der Waals surface area contributed by atoms with Crippen molar-refractivity contribution in [1.82, 2.24) is 9.88 Å². The topological polar surface area (TPSA) is 42.4 Å². The first kappa shape index (κ1) is 15.3. The van der Waals surface area contributed by atoms with Gasteiger partial charge in [0, 0.05) is 34.4 Å². The summed E-state index contributed by atoms with van der Waals surface area (Å²) >= 11 is 2.22. The lowest BCUT2D eigenvalue weighted by atomic mass is 10.2. The Balaban J connectivity index is 1.62. The van der Waals surface area contributed by atoms with Crippen LogP contribution in [0.2, 0.25) is 0 Å². The summed E-state index contributed by atoms with van der Waals surface area (Å²) in [6, 6.07) is 11.5. The van der Waals surface area contributed by atoms with Crippen molar-refractivity contribution >= 4 is 28.5 Å². The van der Waals surface area contributed by atoms with E-state index in [1.807, 2.05) is 48.2 Å². The van der Waals surface area contributed by atoms with E-state index in [1.165, 1.54) is 0 Å². The molecule has 2 heterocycles. The molecule has 1 amide bonds. The summed E-state index contributed by atoms with van der Waals surface area (Å²) in [5.41, 5.74) is 1.84. The molecule has 3 rings (SSSR count). The van der Waals surface area contributed by atoms with Gasteiger partial charge < -0.3 is 9.64 Å². The van der Waals surface area contributed by atoms with Crippen LogP contribution in [0.3, 0.4) is 0 Å². The van der Waals surface area contributed by atoms with E-state index in [0.29, 0.717) is 12.4 Å². The van der Waals surface area contributed by atoms with Crippen LogP contribution >= 0.6 is 22.6 Å². The van der Waals surface area contributed by atoms with Gasteiger partial charge >= 0.3 is 0 Å². The molecular formula is C17H17IN2O2. The molecule has 1 saturated heterocycles. The van der Waals surface area contributed by atoms with Gasteiger partial charge in [-0.2, -0.15) is 0 Å². The fourth-order valence-electron chi connectivity index (χ4n) is 2.51. The van der Waals surface area contributed by atoms with Crippen molar-refractivity contribution in [3.8, 4) is 5.88 Å². The van der Waals surface area contributed by atoms with Gasteiger partial charge in [0.2, 0.25) is 5.88 Å². The number of nitrogens with zero attached hydrogens (tertiary/aromatic N) is 2. The first-order valence-corrected chi connectivity index (χ1v) is 8.34. The Morgan fingerprint density at radius 1 is 1.36 bits per heavy atom. The smallest absolute Gasteiger partial charge is 0.254 e. The molecule has 1 aliphatic heterocycles. The zero-order valence-electron chi connectivity index (χ0n) is 12.3. The van der Waals surface area contributed by atoms with Crippen molar-refractivity contribution in [3.63, 3.8) is 0 Å².